The summed E-state index contributed by atoms with van der Waals surface area (Å²) in [5.74, 6) is 0.765. The Hall–Kier alpha value is -1.01. The molecule has 1 aromatic rings. The zero-order valence-corrected chi connectivity index (χ0v) is 10.3. The van der Waals surface area contributed by atoms with Gasteiger partial charge in [-0.2, -0.15) is 13.2 Å². The van der Waals surface area contributed by atoms with Gasteiger partial charge in [0.05, 0.1) is 10.6 Å². The molecule has 1 aliphatic heterocycles. The third-order valence-electron chi connectivity index (χ3n) is 2.89. The van der Waals surface area contributed by atoms with E-state index in [4.69, 9.17) is 11.6 Å². The largest absolute Gasteiger partial charge is 0.417 e. The summed E-state index contributed by atoms with van der Waals surface area (Å²) in [6.07, 6.45) is -2.57. The lowest BCUT2D eigenvalue weighted by Gasteiger charge is -2.13. The van der Waals surface area contributed by atoms with Crippen LogP contribution in [0.5, 0.6) is 0 Å². The topological polar surface area (TPSA) is 37.0 Å². The fraction of sp³-hybridized carbons (Fsp3) is 0.545. The third-order valence-corrected chi connectivity index (χ3v) is 3.18. The van der Waals surface area contributed by atoms with Crippen LogP contribution in [0.2, 0.25) is 5.02 Å². The third kappa shape index (κ3) is 3.26. The van der Waals surface area contributed by atoms with Crippen molar-refractivity contribution in [3.63, 3.8) is 0 Å². The van der Waals surface area contributed by atoms with Crippen molar-refractivity contribution in [3.05, 3.63) is 22.8 Å². The van der Waals surface area contributed by atoms with Gasteiger partial charge in [0, 0.05) is 12.7 Å². The number of halogens is 4. The molecule has 1 fully saturated rings. The summed E-state index contributed by atoms with van der Waals surface area (Å²) >= 11 is 5.78. The highest BCUT2D eigenvalue weighted by Gasteiger charge is 2.31. The minimum atomic E-state index is -4.41. The Morgan fingerprint density at radius 1 is 1.50 bits per heavy atom. The maximum atomic E-state index is 12.4. The molecule has 3 nitrogen and oxygen atoms in total. The minimum Gasteiger partial charge on any atom is -0.369 e. The van der Waals surface area contributed by atoms with Crippen LogP contribution in [-0.4, -0.2) is 24.6 Å². The molecule has 0 aliphatic carbocycles. The van der Waals surface area contributed by atoms with E-state index in [1.807, 2.05) is 0 Å². The number of alkyl halides is 3. The highest BCUT2D eigenvalue weighted by Crippen LogP contribution is 2.32. The summed E-state index contributed by atoms with van der Waals surface area (Å²) in [6, 6.07) is 0.893. The van der Waals surface area contributed by atoms with E-state index in [2.05, 4.69) is 15.6 Å². The molecule has 0 bridgehead atoms. The molecule has 1 aromatic heterocycles. The van der Waals surface area contributed by atoms with Crippen LogP contribution >= 0.6 is 11.6 Å². The molecule has 7 heteroatoms. The average Bonchev–Trinajstić information content (AvgIpc) is 2.79. The number of hydrogen-bond donors (Lipinski definition) is 2. The molecule has 2 heterocycles. The molecule has 18 heavy (non-hydrogen) atoms. The maximum Gasteiger partial charge on any atom is 0.417 e. The minimum absolute atomic E-state index is 0.00391. The van der Waals surface area contributed by atoms with Crippen molar-refractivity contribution in [2.24, 2.45) is 5.92 Å². The first-order valence-corrected chi connectivity index (χ1v) is 6.02. The zero-order valence-electron chi connectivity index (χ0n) is 9.52. The van der Waals surface area contributed by atoms with E-state index in [9.17, 15) is 13.2 Å². The molecule has 1 atom stereocenters. The predicted octanol–water partition coefficient (Wildman–Crippen LogP) is 2.78. The summed E-state index contributed by atoms with van der Waals surface area (Å²) in [5.41, 5.74) is -0.833. The molecule has 2 N–H and O–H groups in total. The van der Waals surface area contributed by atoms with Crippen LogP contribution in [0.4, 0.5) is 19.0 Å². The number of aromatic nitrogens is 1. The lowest BCUT2D eigenvalue weighted by atomic mass is 10.1. The molecule has 2 rings (SSSR count). The lowest BCUT2D eigenvalue weighted by molar-refractivity contribution is -0.137. The highest BCUT2D eigenvalue weighted by atomic mass is 35.5. The van der Waals surface area contributed by atoms with Crippen molar-refractivity contribution in [3.8, 4) is 0 Å². The van der Waals surface area contributed by atoms with Crippen LogP contribution in [0.25, 0.3) is 0 Å². The summed E-state index contributed by atoms with van der Waals surface area (Å²) in [6.45, 7) is 2.54. The van der Waals surface area contributed by atoms with E-state index >= 15 is 0 Å². The molecule has 1 saturated heterocycles. The van der Waals surface area contributed by atoms with Crippen LogP contribution in [0.3, 0.4) is 0 Å². The standard InChI is InChI=1S/C11H13ClF3N3/c12-9-3-8(11(13,14)15)6-18-10(9)17-5-7-1-2-16-4-7/h3,6-7,16H,1-2,4-5H2,(H,17,18). The first-order chi connectivity index (χ1) is 8.47. The van der Waals surface area contributed by atoms with Gasteiger partial charge in [0.15, 0.2) is 0 Å². The van der Waals surface area contributed by atoms with E-state index in [1.54, 1.807) is 0 Å². The Kier molecular flexibility index (Phi) is 3.97. The van der Waals surface area contributed by atoms with Gasteiger partial charge in [0.2, 0.25) is 0 Å². The van der Waals surface area contributed by atoms with E-state index in [0.717, 1.165) is 31.8 Å². The lowest BCUT2D eigenvalue weighted by Crippen LogP contribution is -2.18. The van der Waals surface area contributed by atoms with Crippen molar-refractivity contribution in [2.75, 3.05) is 25.0 Å². The van der Waals surface area contributed by atoms with E-state index in [-0.39, 0.29) is 5.02 Å². The van der Waals surface area contributed by atoms with Crippen LogP contribution < -0.4 is 10.6 Å². The fourth-order valence-electron chi connectivity index (χ4n) is 1.85. The molecule has 0 radical (unpaired) electrons. The van der Waals surface area contributed by atoms with Crippen LogP contribution in [0.1, 0.15) is 12.0 Å². The second kappa shape index (κ2) is 5.32. The number of nitrogens with zero attached hydrogens (tertiary/aromatic N) is 1. The Bertz CT molecular complexity index is 416. The van der Waals surface area contributed by atoms with E-state index < -0.39 is 11.7 Å². The Balaban J connectivity index is 2.01. The Labute approximate surface area is 108 Å². The number of anilines is 1. The molecule has 0 spiro atoms. The molecule has 0 saturated carbocycles. The number of hydrogen-bond acceptors (Lipinski definition) is 3. The molecule has 100 valence electrons. The van der Waals surface area contributed by atoms with Crippen molar-refractivity contribution in [1.29, 1.82) is 0 Å². The smallest absolute Gasteiger partial charge is 0.369 e. The molecular formula is C11H13ClF3N3. The summed E-state index contributed by atoms with van der Waals surface area (Å²) in [7, 11) is 0. The van der Waals surface area contributed by atoms with Crippen LogP contribution in [0, 0.1) is 5.92 Å². The molecule has 0 aromatic carbocycles. The quantitative estimate of drug-likeness (QED) is 0.893. The Morgan fingerprint density at radius 2 is 2.28 bits per heavy atom. The predicted molar refractivity (Wildman–Crippen MR) is 63.7 cm³/mol. The summed E-state index contributed by atoms with van der Waals surface area (Å²) < 4.78 is 37.2. The fourth-order valence-corrected chi connectivity index (χ4v) is 2.09. The molecule has 1 aliphatic rings. The van der Waals surface area contributed by atoms with Crippen molar-refractivity contribution >= 4 is 17.4 Å². The van der Waals surface area contributed by atoms with Gasteiger partial charge in [-0.25, -0.2) is 4.98 Å². The first-order valence-electron chi connectivity index (χ1n) is 5.64. The van der Waals surface area contributed by atoms with Gasteiger partial charge in [-0.05, 0) is 31.5 Å². The van der Waals surface area contributed by atoms with Gasteiger partial charge in [-0.3, -0.25) is 0 Å². The van der Waals surface area contributed by atoms with Gasteiger partial charge in [-0.1, -0.05) is 11.6 Å². The SMILES string of the molecule is FC(F)(F)c1cnc(NCC2CCNC2)c(Cl)c1. The molecular weight excluding hydrogens is 267 g/mol. The van der Waals surface area contributed by atoms with Gasteiger partial charge in [0.1, 0.15) is 5.82 Å². The van der Waals surface area contributed by atoms with Gasteiger partial charge >= 0.3 is 6.18 Å². The van der Waals surface area contributed by atoms with Gasteiger partial charge < -0.3 is 10.6 Å². The van der Waals surface area contributed by atoms with Crippen molar-refractivity contribution in [1.82, 2.24) is 10.3 Å². The maximum absolute atomic E-state index is 12.4. The molecule has 1 unspecified atom stereocenters. The number of nitrogens with one attached hydrogen (secondary N) is 2. The van der Waals surface area contributed by atoms with Crippen molar-refractivity contribution in [2.45, 2.75) is 12.6 Å². The summed E-state index contributed by atoms with van der Waals surface area (Å²) in [4.78, 5) is 3.72. The van der Waals surface area contributed by atoms with Gasteiger partial charge in [0.25, 0.3) is 0 Å². The summed E-state index contributed by atoms with van der Waals surface area (Å²) in [5, 5.41) is 6.19. The monoisotopic (exact) mass is 279 g/mol. The van der Waals surface area contributed by atoms with Gasteiger partial charge in [-0.15, -0.1) is 0 Å². The second-order valence-electron chi connectivity index (χ2n) is 4.29. The highest BCUT2D eigenvalue weighted by molar-refractivity contribution is 6.32. The van der Waals surface area contributed by atoms with E-state index in [1.165, 1.54) is 0 Å². The molecule has 0 amide bonds. The number of rotatable bonds is 3. The number of pyridine rings is 1. The second-order valence-corrected chi connectivity index (χ2v) is 4.70. The average molecular weight is 280 g/mol. The van der Waals surface area contributed by atoms with Crippen molar-refractivity contribution < 1.29 is 13.2 Å². The van der Waals surface area contributed by atoms with Crippen LogP contribution in [0.15, 0.2) is 12.3 Å². The van der Waals surface area contributed by atoms with E-state index in [0.29, 0.717) is 18.3 Å². The zero-order chi connectivity index (χ0) is 13.2. The first kappa shape index (κ1) is 13.4. The van der Waals surface area contributed by atoms with Crippen LogP contribution in [-0.2, 0) is 6.18 Å². The normalized spacial score (nSPS) is 20.1. The Morgan fingerprint density at radius 3 is 2.83 bits per heavy atom.